The van der Waals surface area contributed by atoms with Gasteiger partial charge in [0.1, 0.15) is 11.5 Å². The minimum absolute atomic E-state index is 0.484. The predicted octanol–water partition coefficient (Wildman–Crippen LogP) is 4.32. The van der Waals surface area contributed by atoms with Crippen LogP contribution in [0.15, 0.2) is 53.0 Å². The van der Waals surface area contributed by atoms with Crippen molar-refractivity contribution in [2.24, 2.45) is 0 Å². The van der Waals surface area contributed by atoms with Crippen LogP contribution in [-0.4, -0.2) is 54.3 Å². The molecule has 0 atom stereocenters. The van der Waals surface area contributed by atoms with Crippen molar-refractivity contribution in [3.63, 3.8) is 0 Å². The van der Waals surface area contributed by atoms with E-state index in [1.807, 2.05) is 23.5 Å². The quantitative estimate of drug-likeness (QED) is 0.569. The first kappa shape index (κ1) is 23.0. The highest BCUT2D eigenvalue weighted by Gasteiger charge is 2.35. The maximum absolute atomic E-state index is 11.1. The van der Waals surface area contributed by atoms with Gasteiger partial charge in [0.15, 0.2) is 5.60 Å². The van der Waals surface area contributed by atoms with E-state index < -0.39 is 5.60 Å². The van der Waals surface area contributed by atoms with Gasteiger partial charge in [-0.15, -0.1) is 11.3 Å². The molecule has 0 amide bonds. The lowest BCUT2D eigenvalue weighted by Crippen LogP contribution is -2.41. The molecule has 0 radical (unpaired) electrons. The third kappa shape index (κ3) is 5.50. The first-order valence-electron chi connectivity index (χ1n) is 10.5. The molecule has 164 valence electrons. The van der Waals surface area contributed by atoms with Gasteiger partial charge in [-0.3, -0.25) is 9.80 Å². The van der Waals surface area contributed by atoms with Gasteiger partial charge in [-0.25, -0.2) is 0 Å². The van der Waals surface area contributed by atoms with Gasteiger partial charge >= 0.3 is 0 Å². The van der Waals surface area contributed by atoms with Crippen molar-refractivity contribution in [1.82, 2.24) is 9.80 Å². The second-order valence-corrected chi connectivity index (χ2v) is 9.59. The molecule has 3 heterocycles. The number of aliphatic hydroxyl groups is 1. The van der Waals surface area contributed by atoms with E-state index in [0.29, 0.717) is 23.5 Å². The zero-order valence-electron chi connectivity index (χ0n) is 18.4. The van der Waals surface area contributed by atoms with Crippen LogP contribution in [0.3, 0.4) is 0 Å². The van der Waals surface area contributed by atoms with Gasteiger partial charge in [0.25, 0.3) is 0 Å². The molecule has 2 aromatic heterocycles. The van der Waals surface area contributed by atoms with Crippen LogP contribution < -0.4 is 0 Å². The van der Waals surface area contributed by atoms with E-state index in [1.165, 1.54) is 9.75 Å². The lowest BCUT2D eigenvalue weighted by Gasteiger charge is -2.29. The molecule has 1 N–H and O–H groups in total. The fraction of sp³-hybridized carbons (Fsp3) is 0.500. The highest BCUT2D eigenvalue weighted by Crippen LogP contribution is 2.36. The Labute approximate surface area is 184 Å². The summed E-state index contributed by atoms with van der Waals surface area (Å²) < 4.78 is 11.6. The maximum Gasteiger partial charge on any atom is 0.163 e. The molecular formula is C24H34N2O3S. The molecule has 30 heavy (non-hydrogen) atoms. The molecule has 1 aliphatic rings. The Morgan fingerprint density at radius 3 is 2.43 bits per heavy atom. The summed E-state index contributed by atoms with van der Waals surface area (Å²) in [5.74, 6) is 1.32. The Balaban J connectivity index is 1.72. The van der Waals surface area contributed by atoms with Gasteiger partial charge in [-0.1, -0.05) is 13.2 Å². The van der Waals surface area contributed by atoms with Gasteiger partial charge < -0.3 is 14.3 Å². The normalized spacial score (nSPS) is 15.6. The van der Waals surface area contributed by atoms with Gasteiger partial charge in [-0.2, -0.15) is 0 Å². The highest BCUT2D eigenvalue weighted by atomic mass is 32.1. The van der Waals surface area contributed by atoms with Gasteiger partial charge in [0.05, 0.1) is 19.8 Å². The molecule has 0 aliphatic carbocycles. The standard InChI is InChI=1S/C24H34N2O3S/c1-18(2)24(27,19(3)4)23-9-7-21(29-23)16-26(17-22-8-6-20(5)30-22)11-10-25-12-14-28-15-13-25/h6-9,27H,1,3,10-17H2,2,4-5H3. The van der Waals surface area contributed by atoms with Crippen LogP contribution in [0.25, 0.3) is 0 Å². The zero-order chi connectivity index (χ0) is 21.7. The highest BCUT2D eigenvalue weighted by molar-refractivity contribution is 7.11. The molecule has 2 aromatic rings. The number of rotatable bonds is 10. The van der Waals surface area contributed by atoms with Crippen molar-refractivity contribution < 1.29 is 14.3 Å². The molecule has 3 rings (SSSR count). The van der Waals surface area contributed by atoms with Crippen LogP contribution in [0.5, 0.6) is 0 Å². The molecule has 0 aromatic carbocycles. The lowest BCUT2D eigenvalue weighted by molar-refractivity contribution is 0.0320. The summed E-state index contributed by atoms with van der Waals surface area (Å²) in [7, 11) is 0. The monoisotopic (exact) mass is 430 g/mol. The van der Waals surface area contributed by atoms with Crippen LogP contribution in [0, 0.1) is 6.92 Å². The van der Waals surface area contributed by atoms with E-state index in [0.717, 1.165) is 51.7 Å². The molecule has 0 saturated carbocycles. The second-order valence-electron chi connectivity index (χ2n) is 8.21. The van der Waals surface area contributed by atoms with Crippen molar-refractivity contribution >= 4 is 11.3 Å². The van der Waals surface area contributed by atoms with Crippen molar-refractivity contribution in [2.45, 2.75) is 39.5 Å². The smallest absolute Gasteiger partial charge is 0.163 e. The summed E-state index contributed by atoms with van der Waals surface area (Å²) in [6.45, 7) is 20.7. The van der Waals surface area contributed by atoms with E-state index in [2.05, 4.69) is 42.0 Å². The Kier molecular flexibility index (Phi) is 7.71. The van der Waals surface area contributed by atoms with E-state index in [9.17, 15) is 5.11 Å². The summed E-state index contributed by atoms with van der Waals surface area (Å²) in [5, 5.41) is 11.1. The average molecular weight is 431 g/mol. The minimum atomic E-state index is -1.33. The van der Waals surface area contributed by atoms with Crippen LogP contribution in [0.2, 0.25) is 0 Å². The van der Waals surface area contributed by atoms with Crippen LogP contribution in [0.4, 0.5) is 0 Å². The number of aryl methyl sites for hydroxylation is 1. The number of hydrogen-bond donors (Lipinski definition) is 1. The van der Waals surface area contributed by atoms with Gasteiger partial charge in [0.2, 0.25) is 0 Å². The number of furan rings is 1. The molecule has 5 nitrogen and oxygen atoms in total. The molecule has 0 spiro atoms. The molecule has 1 fully saturated rings. The topological polar surface area (TPSA) is 49.1 Å². The van der Waals surface area contributed by atoms with Crippen molar-refractivity contribution in [3.05, 3.63) is 69.8 Å². The summed E-state index contributed by atoms with van der Waals surface area (Å²) in [4.78, 5) is 7.53. The number of ether oxygens (including phenoxy) is 1. The average Bonchev–Trinajstić information content (AvgIpc) is 3.35. The fourth-order valence-electron chi connectivity index (χ4n) is 3.77. The number of hydrogen-bond acceptors (Lipinski definition) is 6. The van der Waals surface area contributed by atoms with Gasteiger partial charge in [0, 0.05) is 42.5 Å². The van der Waals surface area contributed by atoms with Crippen LogP contribution in [-0.2, 0) is 23.4 Å². The Hall–Kier alpha value is -1.70. The third-order valence-electron chi connectivity index (χ3n) is 5.64. The molecular weight excluding hydrogens is 396 g/mol. The van der Waals surface area contributed by atoms with Crippen molar-refractivity contribution in [3.8, 4) is 0 Å². The minimum Gasteiger partial charge on any atom is -0.461 e. The summed E-state index contributed by atoms with van der Waals surface area (Å²) in [6.07, 6.45) is 0. The van der Waals surface area contributed by atoms with E-state index in [1.54, 1.807) is 13.8 Å². The summed E-state index contributed by atoms with van der Waals surface area (Å²) >= 11 is 1.84. The van der Waals surface area contributed by atoms with Crippen molar-refractivity contribution in [2.75, 3.05) is 39.4 Å². The van der Waals surface area contributed by atoms with E-state index >= 15 is 0 Å². The molecule has 1 aliphatic heterocycles. The van der Waals surface area contributed by atoms with Crippen molar-refractivity contribution in [1.29, 1.82) is 0 Å². The molecule has 1 saturated heterocycles. The van der Waals surface area contributed by atoms with Gasteiger partial charge in [-0.05, 0) is 56.2 Å². The molecule has 6 heteroatoms. The first-order chi connectivity index (χ1) is 14.3. The number of nitrogens with zero attached hydrogens (tertiary/aromatic N) is 2. The third-order valence-corrected chi connectivity index (χ3v) is 6.63. The van der Waals surface area contributed by atoms with Crippen LogP contribution >= 0.6 is 11.3 Å². The number of thiophene rings is 1. The predicted molar refractivity (Wildman–Crippen MR) is 123 cm³/mol. The lowest BCUT2D eigenvalue weighted by atomic mass is 9.87. The SMILES string of the molecule is C=C(C)C(O)(C(=C)C)c1ccc(CN(CCN2CCOCC2)Cc2ccc(C)s2)o1. The fourth-order valence-corrected chi connectivity index (χ4v) is 4.71. The maximum atomic E-state index is 11.1. The first-order valence-corrected chi connectivity index (χ1v) is 11.3. The summed E-state index contributed by atoms with van der Waals surface area (Å²) in [6, 6.07) is 8.17. The second kappa shape index (κ2) is 10.1. The zero-order valence-corrected chi connectivity index (χ0v) is 19.3. The Morgan fingerprint density at radius 2 is 1.83 bits per heavy atom. The number of morpholine rings is 1. The molecule has 0 unspecified atom stereocenters. The largest absolute Gasteiger partial charge is 0.461 e. The summed E-state index contributed by atoms with van der Waals surface area (Å²) in [5.41, 5.74) is -0.120. The Morgan fingerprint density at radius 1 is 1.13 bits per heavy atom. The van der Waals surface area contributed by atoms with Crippen LogP contribution in [0.1, 0.15) is 35.1 Å². The molecule has 0 bridgehead atoms. The Bertz CT molecular complexity index is 849. The van der Waals surface area contributed by atoms with E-state index in [-0.39, 0.29) is 0 Å². The van der Waals surface area contributed by atoms with E-state index in [4.69, 9.17) is 9.15 Å².